The van der Waals surface area contributed by atoms with Gasteiger partial charge in [-0.05, 0) is 69.5 Å². The molecule has 0 radical (unpaired) electrons. The zero-order chi connectivity index (χ0) is 24.9. The van der Waals surface area contributed by atoms with Crippen LogP contribution in [-0.4, -0.2) is 41.0 Å². The maximum Gasteiger partial charge on any atom is 0.414 e. The molecule has 4 rings (SSSR count). The largest absolute Gasteiger partial charge is 0.479 e. The second-order valence-corrected chi connectivity index (χ2v) is 9.54. The van der Waals surface area contributed by atoms with Crippen LogP contribution in [0.2, 0.25) is 0 Å². The molecule has 1 atom stereocenters. The normalized spacial score (nSPS) is 14.4. The number of benzene rings is 2. The molecule has 0 bridgehead atoms. The summed E-state index contributed by atoms with van der Waals surface area (Å²) in [7, 11) is 1.32. The fourth-order valence-corrected chi connectivity index (χ4v) is 4.83. The number of rotatable bonds is 4. The van der Waals surface area contributed by atoms with Crippen LogP contribution in [-0.2, 0) is 20.8 Å². The Hall–Kier alpha value is -3.39. The maximum absolute atomic E-state index is 13.8. The monoisotopic (exact) mass is 468 g/mol. The number of aryl methyl sites for hydroxylation is 1. The molecule has 2 heterocycles. The van der Waals surface area contributed by atoms with E-state index in [1.165, 1.54) is 19.2 Å². The molecule has 0 fully saturated rings. The molecule has 0 saturated heterocycles. The number of amides is 1. The lowest BCUT2D eigenvalue weighted by Gasteiger charge is -2.34. The van der Waals surface area contributed by atoms with E-state index in [9.17, 15) is 19.1 Å². The van der Waals surface area contributed by atoms with Crippen LogP contribution in [0, 0.1) is 19.7 Å². The number of methoxy groups -OCH3 is 1. The highest BCUT2D eigenvalue weighted by Crippen LogP contribution is 2.48. The topological polar surface area (TPSA) is 81.0 Å². The Morgan fingerprint density at radius 1 is 1.12 bits per heavy atom. The van der Waals surface area contributed by atoms with Gasteiger partial charge in [0.2, 0.25) is 0 Å². The molecule has 0 saturated carbocycles. The van der Waals surface area contributed by atoms with Gasteiger partial charge in [0.25, 0.3) is 0 Å². The summed E-state index contributed by atoms with van der Waals surface area (Å²) < 4.78 is 27.0. The van der Waals surface area contributed by atoms with Gasteiger partial charge in [-0.15, -0.1) is 0 Å². The standard InChI is InChI=1S/C26H29FN2O5/c1-14-13-18-20(16-7-9-17(27)10-8-16)19(23(24(30)31)34-26(3,4)5)15(2)21-22(18)28(14)11-12-29(21)25(32)33-6/h7-10,13,23H,11-12H2,1-6H3,(H,30,31). The minimum Gasteiger partial charge on any atom is -0.479 e. The number of nitrogens with zero attached hydrogens (tertiary/aromatic N) is 2. The van der Waals surface area contributed by atoms with E-state index in [0.29, 0.717) is 41.0 Å². The van der Waals surface area contributed by atoms with Gasteiger partial charge in [0.05, 0.1) is 23.9 Å². The summed E-state index contributed by atoms with van der Waals surface area (Å²) in [6, 6.07) is 7.96. The van der Waals surface area contributed by atoms with Crippen molar-refractivity contribution in [1.29, 1.82) is 0 Å². The van der Waals surface area contributed by atoms with Crippen molar-refractivity contribution < 1.29 is 28.6 Å². The molecular formula is C26H29FN2O5. The molecular weight excluding hydrogens is 439 g/mol. The van der Waals surface area contributed by atoms with E-state index in [-0.39, 0.29) is 5.82 Å². The molecule has 3 aromatic rings. The van der Waals surface area contributed by atoms with Gasteiger partial charge in [-0.25, -0.2) is 14.0 Å². The van der Waals surface area contributed by atoms with Crippen LogP contribution in [0.25, 0.3) is 22.0 Å². The lowest BCUT2D eigenvalue weighted by molar-refractivity contribution is -0.160. The summed E-state index contributed by atoms with van der Waals surface area (Å²) in [5.74, 6) is -1.54. The van der Waals surface area contributed by atoms with Gasteiger partial charge in [-0.1, -0.05) is 12.1 Å². The first-order valence-corrected chi connectivity index (χ1v) is 11.1. The van der Waals surface area contributed by atoms with Crippen molar-refractivity contribution in [2.75, 3.05) is 18.6 Å². The van der Waals surface area contributed by atoms with Crippen LogP contribution in [0.3, 0.4) is 0 Å². The summed E-state index contributed by atoms with van der Waals surface area (Å²) >= 11 is 0. The Morgan fingerprint density at radius 3 is 2.32 bits per heavy atom. The van der Waals surface area contributed by atoms with Crippen LogP contribution < -0.4 is 4.90 Å². The zero-order valence-corrected chi connectivity index (χ0v) is 20.2. The van der Waals surface area contributed by atoms with Crippen molar-refractivity contribution in [2.45, 2.75) is 52.9 Å². The number of carboxylic acids is 1. The lowest BCUT2D eigenvalue weighted by Crippen LogP contribution is -2.38. The number of carbonyl (C=O) groups excluding carboxylic acids is 1. The minimum absolute atomic E-state index is 0.387. The molecule has 34 heavy (non-hydrogen) atoms. The summed E-state index contributed by atoms with van der Waals surface area (Å²) in [6.07, 6.45) is -1.83. The van der Waals surface area contributed by atoms with Crippen LogP contribution in [0.1, 0.15) is 43.7 Å². The highest BCUT2D eigenvalue weighted by molar-refractivity contribution is 6.11. The quantitative estimate of drug-likeness (QED) is 0.540. The van der Waals surface area contributed by atoms with E-state index < -0.39 is 23.8 Å². The molecule has 8 heteroatoms. The third-order valence-electron chi connectivity index (χ3n) is 6.13. The number of anilines is 1. The van der Waals surface area contributed by atoms with Gasteiger partial charge in [-0.3, -0.25) is 4.90 Å². The van der Waals surface area contributed by atoms with Crippen LogP contribution >= 0.6 is 0 Å². The van der Waals surface area contributed by atoms with Gasteiger partial charge in [0.15, 0.2) is 6.10 Å². The molecule has 1 unspecified atom stereocenters. The number of aliphatic carboxylic acids is 1. The van der Waals surface area contributed by atoms with Crippen molar-refractivity contribution in [1.82, 2.24) is 4.57 Å². The Balaban J connectivity index is 2.17. The number of carboxylic acid groups (broad SMARTS) is 1. The number of halogens is 1. The Labute approximate surface area is 197 Å². The van der Waals surface area contributed by atoms with Crippen molar-refractivity contribution in [3.63, 3.8) is 0 Å². The summed E-state index contributed by atoms with van der Waals surface area (Å²) in [6.45, 7) is 10.1. The van der Waals surface area contributed by atoms with Crippen LogP contribution in [0.15, 0.2) is 30.3 Å². The molecule has 180 valence electrons. The Morgan fingerprint density at radius 2 is 1.76 bits per heavy atom. The second-order valence-electron chi connectivity index (χ2n) is 9.54. The van der Waals surface area contributed by atoms with E-state index >= 15 is 0 Å². The molecule has 7 nitrogen and oxygen atoms in total. The Kier molecular flexibility index (Phi) is 5.89. The number of carbonyl (C=O) groups is 2. The predicted molar refractivity (Wildman–Crippen MR) is 128 cm³/mol. The molecule has 0 spiro atoms. The summed E-state index contributed by atoms with van der Waals surface area (Å²) in [4.78, 5) is 26.8. The predicted octanol–water partition coefficient (Wildman–Crippen LogP) is 5.59. The van der Waals surface area contributed by atoms with Gasteiger partial charge < -0.3 is 19.1 Å². The molecule has 2 aromatic carbocycles. The van der Waals surface area contributed by atoms with Gasteiger partial charge >= 0.3 is 12.1 Å². The van der Waals surface area contributed by atoms with E-state index in [2.05, 4.69) is 4.57 Å². The van der Waals surface area contributed by atoms with Crippen molar-refractivity contribution in [2.24, 2.45) is 0 Å². The fourth-order valence-electron chi connectivity index (χ4n) is 4.83. The highest BCUT2D eigenvalue weighted by Gasteiger charge is 2.37. The van der Waals surface area contributed by atoms with E-state index in [1.807, 2.05) is 13.0 Å². The second kappa shape index (κ2) is 8.43. The molecule has 1 aliphatic rings. The average Bonchev–Trinajstić information content (AvgIpc) is 3.10. The lowest BCUT2D eigenvalue weighted by atomic mass is 9.87. The van der Waals surface area contributed by atoms with E-state index in [1.54, 1.807) is 44.7 Å². The van der Waals surface area contributed by atoms with Crippen molar-refractivity contribution in [3.8, 4) is 11.1 Å². The summed E-state index contributed by atoms with van der Waals surface area (Å²) in [5, 5.41) is 11.0. The first-order chi connectivity index (χ1) is 15.9. The molecule has 1 amide bonds. The number of ether oxygens (including phenoxy) is 2. The smallest absolute Gasteiger partial charge is 0.414 e. The molecule has 1 aliphatic heterocycles. The average molecular weight is 469 g/mol. The van der Waals surface area contributed by atoms with Gasteiger partial charge in [0, 0.05) is 29.7 Å². The molecule has 1 aromatic heterocycles. The van der Waals surface area contributed by atoms with Crippen molar-refractivity contribution in [3.05, 3.63) is 53.0 Å². The highest BCUT2D eigenvalue weighted by atomic mass is 19.1. The maximum atomic E-state index is 13.8. The van der Waals surface area contributed by atoms with Gasteiger partial charge in [-0.2, -0.15) is 0 Å². The summed E-state index contributed by atoms with van der Waals surface area (Å²) in [5.41, 5.74) is 4.00. The zero-order valence-electron chi connectivity index (χ0n) is 20.2. The number of aromatic nitrogens is 1. The first-order valence-electron chi connectivity index (χ1n) is 11.1. The SMILES string of the molecule is COC(=O)N1CCn2c(C)cc3c(-c4ccc(F)cc4)c(C(OC(C)(C)C)C(=O)O)c(C)c1c32. The van der Waals surface area contributed by atoms with Crippen LogP contribution in [0.5, 0.6) is 0 Å². The third kappa shape index (κ3) is 3.92. The third-order valence-corrected chi connectivity index (χ3v) is 6.13. The minimum atomic E-state index is -1.31. The van der Waals surface area contributed by atoms with E-state index in [4.69, 9.17) is 9.47 Å². The number of hydrogen-bond acceptors (Lipinski definition) is 4. The fraction of sp³-hybridized carbons (Fsp3) is 0.385. The van der Waals surface area contributed by atoms with E-state index in [0.717, 1.165) is 16.6 Å². The number of hydrogen-bond donors (Lipinski definition) is 1. The van der Waals surface area contributed by atoms with Gasteiger partial charge in [0.1, 0.15) is 5.82 Å². The molecule has 0 aliphatic carbocycles. The van der Waals surface area contributed by atoms with Crippen LogP contribution in [0.4, 0.5) is 14.9 Å². The van der Waals surface area contributed by atoms with Crippen molar-refractivity contribution >= 4 is 28.7 Å². The molecule has 1 N–H and O–H groups in total. The Bertz CT molecular complexity index is 1290. The first kappa shape index (κ1) is 23.8.